The molecule has 0 bridgehead atoms. The Morgan fingerprint density at radius 3 is 2.87 bits per heavy atom. The molecular formula is C11H23N3O. The highest BCUT2D eigenvalue weighted by Gasteiger charge is 2.16. The third-order valence-electron chi connectivity index (χ3n) is 2.94. The van der Waals surface area contributed by atoms with Gasteiger partial charge >= 0.3 is 0 Å². The highest BCUT2D eigenvalue weighted by atomic mass is 16.2. The number of hydrogen-bond acceptors (Lipinski definition) is 3. The van der Waals surface area contributed by atoms with Gasteiger partial charge in [-0.05, 0) is 40.3 Å². The first-order valence-corrected chi connectivity index (χ1v) is 5.80. The molecule has 1 aliphatic rings. The van der Waals surface area contributed by atoms with Gasteiger partial charge in [-0.25, -0.2) is 0 Å². The van der Waals surface area contributed by atoms with Crippen molar-refractivity contribution in [3.05, 3.63) is 0 Å². The van der Waals surface area contributed by atoms with E-state index in [1.165, 1.54) is 0 Å². The van der Waals surface area contributed by atoms with Crippen molar-refractivity contribution in [2.45, 2.75) is 38.8 Å². The Morgan fingerprint density at radius 1 is 1.60 bits per heavy atom. The average Bonchev–Trinajstić information content (AvgIpc) is 2.18. The minimum Gasteiger partial charge on any atom is -0.351 e. The maximum atomic E-state index is 11.6. The molecule has 1 saturated heterocycles. The van der Waals surface area contributed by atoms with Gasteiger partial charge in [0.25, 0.3) is 0 Å². The summed E-state index contributed by atoms with van der Waals surface area (Å²) in [6.07, 6.45) is 2.26. The molecule has 1 rings (SSSR count). The lowest BCUT2D eigenvalue weighted by atomic mass is 10.1. The van der Waals surface area contributed by atoms with E-state index in [0.29, 0.717) is 18.6 Å². The van der Waals surface area contributed by atoms with Crippen molar-refractivity contribution in [1.82, 2.24) is 15.5 Å². The molecule has 1 heterocycles. The summed E-state index contributed by atoms with van der Waals surface area (Å²) < 4.78 is 0. The Balaban J connectivity index is 2.22. The number of hydrogen-bond donors (Lipinski definition) is 2. The molecule has 2 N–H and O–H groups in total. The van der Waals surface area contributed by atoms with E-state index in [-0.39, 0.29) is 5.91 Å². The zero-order valence-corrected chi connectivity index (χ0v) is 10.0. The van der Waals surface area contributed by atoms with Crippen LogP contribution in [-0.2, 0) is 4.79 Å². The molecule has 1 aliphatic heterocycles. The average molecular weight is 213 g/mol. The number of carbonyl (C=O) groups excluding carboxylic acids is 1. The first-order chi connectivity index (χ1) is 7.09. The van der Waals surface area contributed by atoms with Crippen LogP contribution in [0.5, 0.6) is 0 Å². The van der Waals surface area contributed by atoms with Crippen molar-refractivity contribution in [3.8, 4) is 0 Å². The van der Waals surface area contributed by atoms with Gasteiger partial charge in [0.2, 0.25) is 5.91 Å². The van der Waals surface area contributed by atoms with Crippen LogP contribution in [0.25, 0.3) is 0 Å². The van der Waals surface area contributed by atoms with Crippen LogP contribution in [0.15, 0.2) is 0 Å². The van der Waals surface area contributed by atoms with Crippen LogP contribution in [0.1, 0.15) is 26.7 Å². The number of likely N-dealkylation sites (N-methyl/N-ethyl adjacent to an activating group) is 1. The van der Waals surface area contributed by atoms with Gasteiger partial charge in [0.05, 0.1) is 6.54 Å². The van der Waals surface area contributed by atoms with Gasteiger partial charge in [-0.3, -0.25) is 9.69 Å². The second kappa shape index (κ2) is 6.08. The van der Waals surface area contributed by atoms with Crippen molar-refractivity contribution in [1.29, 1.82) is 0 Å². The lowest BCUT2D eigenvalue weighted by Crippen LogP contribution is -2.48. The van der Waals surface area contributed by atoms with Crippen molar-refractivity contribution in [3.63, 3.8) is 0 Å². The van der Waals surface area contributed by atoms with Crippen LogP contribution in [0, 0.1) is 0 Å². The molecule has 15 heavy (non-hydrogen) atoms. The summed E-state index contributed by atoms with van der Waals surface area (Å²) in [6, 6.07) is 0.743. The van der Waals surface area contributed by atoms with Crippen molar-refractivity contribution in [2.24, 2.45) is 0 Å². The van der Waals surface area contributed by atoms with Gasteiger partial charge in [-0.1, -0.05) is 0 Å². The van der Waals surface area contributed by atoms with E-state index in [1.807, 2.05) is 11.9 Å². The van der Waals surface area contributed by atoms with E-state index in [0.717, 1.165) is 25.9 Å². The van der Waals surface area contributed by atoms with Crippen LogP contribution in [0.2, 0.25) is 0 Å². The quantitative estimate of drug-likeness (QED) is 0.701. The van der Waals surface area contributed by atoms with E-state index in [4.69, 9.17) is 0 Å². The molecule has 1 fully saturated rings. The molecule has 0 spiro atoms. The zero-order valence-electron chi connectivity index (χ0n) is 10.0. The van der Waals surface area contributed by atoms with Gasteiger partial charge < -0.3 is 10.6 Å². The van der Waals surface area contributed by atoms with E-state index < -0.39 is 0 Å². The Hall–Kier alpha value is -0.610. The number of piperidine rings is 1. The summed E-state index contributed by atoms with van der Waals surface area (Å²) in [5.41, 5.74) is 0. The number of rotatable bonds is 4. The van der Waals surface area contributed by atoms with Crippen LogP contribution in [-0.4, -0.2) is 49.6 Å². The summed E-state index contributed by atoms with van der Waals surface area (Å²) in [5.74, 6) is 0.139. The van der Waals surface area contributed by atoms with E-state index in [1.54, 1.807) is 0 Å². The molecule has 0 radical (unpaired) electrons. The smallest absolute Gasteiger partial charge is 0.234 e. The maximum absolute atomic E-state index is 11.6. The fourth-order valence-corrected chi connectivity index (χ4v) is 1.66. The van der Waals surface area contributed by atoms with Crippen LogP contribution in [0.3, 0.4) is 0 Å². The standard InChI is InChI=1S/C11H23N3O/c1-9(2)14(3)8-11(15)13-10-5-4-6-12-7-10/h9-10,12H,4-8H2,1-3H3,(H,13,15)/t10-/m0/s1. The largest absolute Gasteiger partial charge is 0.351 e. The second-order valence-electron chi connectivity index (χ2n) is 4.62. The number of carbonyl (C=O) groups is 1. The molecule has 1 amide bonds. The molecule has 0 aromatic rings. The molecule has 4 heteroatoms. The molecule has 0 unspecified atom stereocenters. The van der Waals surface area contributed by atoms with Gasteiger partial charge in [0, 0.05) is 18.6 Å². The molecule has 0 saturated carbocycles. The molecule has 88 valence electrons. The fourth-order valence-electron chi connectivity index (χ4n) is 1.66. The molecular weight excluding hydrogens is 190 g/mol. The fraction of sp³-hybridized carbons (Fsp3) is 0.909. The van der Waals surface area contributed by atoms with Gasteiger partial charge in [-0.2, -0.15) is 0 Å². The van der Waals surface area contributed by atoms with Crippen molar-refractivity contribution < 1.29 is 4.79 Å². The van der Waals surface area contributed by atoms with Gasteiger partial charge in [-0.15, -0.1) is 0 Å². The number of nitrogens with one attached hydrogen (secondary N) is 2. The topological polar surface area (TPSA) is 44.4 Å². The third kappa shape index (κ3) is 4.62. The number of nitrogens with zero attached hydrogens (tertiary/aromatic N) is 1. The Labute approximate surface area is 92.4 Å². The monoisotopic (exact) mass is 213 g/mol. The predicted molar refractivity (Wildman–Crippen MR) is 61.8 cm³/mol. The molecule has 1 atom stereocenters. The Kier molecular flexibility index (Phi) is 5.05. The summed E-state index contributed by atoms with van der Waals surface area (Å²) in [5, 5.41) is 6.35. The summed E-state index contributed by atoms with van der Waals surface area (Å²) >= 11 is 0. The third-order valence-corrected chi connectivity index (χ3v) is 2.94. The summed E-state index contributed by atoms with van der Waals surface area (Å²) in [4.78, 5) is 13.7. The highest BCUT2D eigenvalue weighted by molar-refractivity contribution is 5.78. The Morgan fingerprint density at radius 2 is 2.33 bits per heavy atom. The lowest BCUT2D eigenvalue weighted by Gasteiger charge is -2.26. The lowest BCUT2D eigenvalue weighted by molar-refractivity contribution is -0.123. The molecule has 0 aromatic heterocycles. The van der Waals surface area contributed by atoms with Crippen molar-refractivity contribution >= 4 is 5.91 Å². The molecule has 0 aromatic carbocycles. The SMILES string of the molecule is CC(C)N(C)CC(=O)N[C@H]1CCCNC1. The predicted octanol–water partition coefficient (Wildman–Crippen LogP) is 0.195. The van der Waals surface area contributed by atoms with Gasteiger partial charge in [0.1, 0.15) is 0 Å². The van der Waals surface area contributed by atoms with Gasteiger partial charge in [0.15, 0.2) is 0 Å². The number of amides is 1. The van der Waals surface area contributed by atoms with Crippen LogP contribution < -0.4 is 10.6 Å². The minimum atomic E-state index is 0.139. The minimum absolute atomic E-state index is 0.139. The normalized spacial score (nSPS) is 22.1. The Bertz CT molecular complexity index is 200. The molecule has 0 aliphatic carbocycles. The highest BCUT2D eigenvalue weighted by Crippen LogP contribution is 2.01. The zero-order chi connectivity index (χ0) is 11.3. The first-order valence-electron chi connectivity index (χ1n) is 5.80. The van der Waals surface area contributed by atoms with Crippen LogP contribution >= 0.6 is 0 Å². The van der Waals surface area contributed by atoms with E-state index in [9.17, 15) is 4.79 Å². The van der Waals surface area contributed by atoms with Crippen LogP contribution in [0.4, 0.5) is 0 Å². The maximum Gasteiger partial charge on any atom is 0.234 e. The molecule has 4 nitrogen and oxygen atoms in total. The summed E-state index contributed by atoms with van der Waals surface area (Å²) in [7, 11) is 1.98. The van der Waals surface area contributed by atoms with E-state index in [2.05, 4.69) is 24.5 Å². The summed E-state index contributed by atoms with van der Waals surface area (Å²) in [6.45, 7) is 6.68. The van der Waals surface area contributed by atoms with E-state index >= 15 is 0 Å². The first kappa shape index (κ1) is 12.5. The second-order valence-corrected chi connectivity index (χ2v) is 4.62. The van der Waals surface area contributed by atoms with Crippen molar-refractivity contribution in [2.75, 3.05) is 26.7 Å².